The van der Waals surface area contributed by atoms with E-state index in [1.807, 2.05) is 0 Å². The highest BCUT2D eigenvalue weighted by Gasteiger charge is 2.14. The van der Waals surface area contributed by atoms with Crippen molar-refractivity contribution >= 4 is 37.0 Å². The second-order valence-electron chi connectivity index (χ2n) is 7.13. The Bertz CT molecular complexity index is 416. The number of amides is 2. The quantitative estimate of drug-likeness (QED) is 0.342. The molecule has 0 bridgehead atoms. The van der Waals surface area contributed by atoms with Crippen molar-refractivity contribution in [3.05, 3.63) is 0 Å². The second kappa shape index (κ2) is 22.2. The lowest BCUT2D eigenvalue weighted by Crippen LogP contribution is -2.43. The van der Waals surface area contributed by atoms with Crippen LogP contribution in [0.15, 0.2) is 0 Å². The van der Waals surface area contributed by atoms with Crippen LogP contribution in [0, 0.1) is 0 Å². The van der Waals surface area contributed by atoms with Crippen molar-refractivity contribution in [2.75, 3.05) is 78.8 Å². The van der Waals surface area contributed by atoms with Gasteiger partial charge in [0, 0.05) is 52.4 Å². The van der Waals surface area contributed by atoms with Crippen LogP contribution in [-0.2, 0) is 14.2 Å². The van der Waals surface area contributed by atoms with Crippen molar-refractivity contribution in [2.45, 2.75) is 39.5 Å². The molecule has 186 valence electrons. The van der Waals surface area contributed by atoms with Gasteiger partial charge in [0.05, 0.1) is 13.2 Å². The minimum Gasteiger partial charge on any atom is -0.448 e. The molecule has 0 radical (unpaired) electrons. The third-order valence-corrected chi connectivity index (χ3v) is 4.72. The minimum atomic E-state index is -0.377. The molecule has 2 amide bonds. The normalized spacial score (nSPS) is 13.6. The van der Waals surface area contributed by atoms with Crippen molar-refractivity contribution < 1.29 is 23.8 Å². The molecule has 0 spiro atoms. The highest BCUT2D eigenvalue weighted by molar-refractivity contribution is 5.85. The van der Waals surface area contributed by atoms with Gasteiger partial charge in [-0.15, -0.1) is 24.8 Å². The van der Waals surface area contributed by atoms with Gasteiger partial charge in [0.2, 0.25) is 0 Å². The zero-order valence-corrected chi connectivity index (χ0v) is 20.7. The fraction of sp³-hybridized carbons (Fsp3) is 0.900. The Morgan fingerprint density at radius 3 is 1.81 bits per heavy atom. The maximum absolute atomic E-state index is 11.7. The van der Waals surface area contributed by atoms with Crippen LogP contribution in [0.3, 0.4) is 0 Å². The van der Waals surface area contributed by atoms with Crippen molar-refractivity contribution in [3.8, 4) is 0 Å². The van der Waals surface area contributed by atoms with Gasteiger partial charge in [-0.25, -0.2) is 9.59 Å². The molecule has 0 aliphatic carbocycles. The molecule has 1 aliphatic heterocycles. The van der Waals surface area contributed by atoms with E-state index in [4.69, 9.17) is 14.2 Å². The predicted octanol–water partition coefficient (Wildman–Crippen LogP) is 2.52. The van der Waals surface area contributed by atoms with Crippen LogP contribution in [-0.4, -0.2) is 101 Å². The molecule has 9 nitrogen and oxygen atoms in total. The van der Waals surface area contributed by atoms with E-state index < -0.39 is 0 Å². The number of carbonyl (C=O) groups is 2. The van der Waals surface area contributed by atoms with Crippen LogP contribution in [0.1, 0.15) is 39.5 Å². The second-order valence-corrected chi connectivity index (χ2v) is 7.13. The van der Waals surface area contributed by atoms with Gasteiger partial charge in [-0.05, 0) is 12.8 Å². The lowest BCUT2D eigenvalue weighted by Gasteiger charge is -2.29. The number of morpholine rings is 1. The number of alkyl carbamates (subject to hydrolysis) is 2. The number of carbonyl (C=O) groups excluding carboxylic acids is 2. The van der Waals surface area contributed by atoms with Gasteiger partial charge < -0.3 is 24.8 Å². The first-order valence-corrected chi connectivity index (χ1v) is 11.0. The Morgan fingerprint density at radius 1 is 0.871 bits per heavy atom. The summed E-state index contributed by atoms with van der Waals surface area (Å²) in [6.45, 7) is 12.4. The topological polar surface area (TPSA) is 92.4 Å². The minimum absolute atomic E-state index is 0. The van der Waals surface area contributed by atoms with Crippen LogP contribution < -0.4 is 10.6 Å². The van der Waals surface area contributed by atoms with Gasteiger partial charge in [-0.1, -0.05) is 26.7 Å². The van der Waals surface area contributed by atoms with Gasteiger partial charge in [-0.2, -0.15) is 0 Å². The van der Waals surface area contributed by atoms with E-state index in [9.17, 15) is 9.59 Å². The molecular formula is C20H42Cl2N4O5. The van der Waals surface area contributed by atoms with E-state index in [2.05, 4.69) is 34.3 Å². The van der Waals surface area contributed by atoms with E-state index in [0.717, 1.165) is 65.1 Å². The van der Waals surface area contributed by atoms with Crippen LogP contribution in [0.2, 0.25) is 0 Å². The molecule has 1 fully saturated rings. The maximum atomic E-state index is 11.7. The number of hydrogen-bond acceptors (Lipinski definition) is 7. The smallest absolute Gasteiger partial charge is 0.407 e. The Morgan fingerprint density at radius 2 is 1.35 bits per heavy atom. The number of nitrogens with zero attached hydrogens (tertiary/aromatic N) is 2. The molecule has 31 heavy (non-hydrogen) atoms. The first-order chi connectivity index (χ1) is 14.2. The lowest BCUT2D eigenvalue weighted by atomic mass is 10.3. The summed E-state index contributed by atoms with van der Waals surface area (Å²) in [5.41, 5.74) is 0. The molecule has 1 rings (SSSR count). The molecule has 0 aromatic rings. The zero-order valence-electron chi connectivity index (χ0n) is 19.1. The molecule has 1 aliphatic rings. The summed E-state index contributed by atoms with van der Waals surface area (Å²) in [5, 5.41) is 5.49. The molecule has 11 heteroatoms. The third-order valence-electron chi connectivity index (χ3n) is 4.72. The van der Waals surface area contributed by atoms with Gasteiger partial charge >= 0.3 is 12.2 Å². The van der Waals surface area contributed by atoms with E-state index in [0.29, 0.717) is 39.4 Å². The van der Waals surface area contributed by atoms with E-state index in [1.54, 1.807) is 0 Å². The number of unbranched alkanes of at least 4 members (excludes halogenated alkanes) is 2. The highest BCUT2D eigenvalue weighted by Crippen LogP contribution is 1.99. The number of halogens is 2. The largest absolute Gasteiger partial charge is 0.448 e. The monoisotopic (exact) mass is 488 g/mol. The average molecular weight is 489 g/mol. The van der Waals surface area contributed by atoms with E-state index in [-0.39, 0.29) is 37.0 Å². The van der Waals surface area contributed by atoms with Crippen LogP contribution in [0.4, 0.5) is 9.59 Å². The SMILES string of the molecule is CCCCNC(=O)OCCN(CCOC(=O)NCCCC)CCN1CCOCC1.Cl.Cl. The Balaban J connectivity index is 0. The molecule has 0 atom stereocenters. The molecular weight excluding hydrogens is 447 g/mol. The summed E-state index contributed by atoms with van der Waals surface area (Å²) in [6.07, 6.45) is 3.19. The first-order valence-electron chi connectivity index (χ1n) is 11.0. The number of nitrogens with one attached hydrogen (secondary N) is 2. The van der Waals surface area contributed by atoms with Crippen molar-refractivity contribution in [2.24, 2.45) is 0 Å². The standard InChI is InChI=1S/C20H40N4O5.2ClH/c1-3-5-7-21-19(25)28-17-13-24(10-9-23-11-15-27-16-12-23)14-18-29-20(26)22-8-6-4-2;;/h3-18H2,1-2H3,(H,21,25)(H,22,26);2*1H. The summed E-state index contributed by atoms with van der Waals surface area (Å²) in [6, 6.07) is 0. The van der Waals surface area contributed by atoms with Gasteiger partial charge in [-0.3, -0.25) is 9.80 Å². The molecule has 0 aromatic heterocycles. The maximum Gasteiger partial charge on any atom is 0.407 e. The molecule has 0 saturated carbocycles. The highest BCUT2D eigenvalue weighted by atomic mass is 35.5. The van der Waals surface area contributed by atoms with Crippen molar-refractivity contribution in [1.29, 1.82) is 0 Å². The Kier molecular flexibility index (Phi) is 23.0. The molecule has 2 N–H and O–H groups in total. The summed E-state index contributed by atoms with van der Waals surface area (Å²) in [7, 11) is 0. The average Bonchev–Trinajstić information content (AvgIpc) is 2.73. The molecule has 1 saturated heterocycles. The lowest BCUT2D eigenvalue weighted by molar-refractivity contribution is 0.0306. The first kappa shape index (κ1) is 32.2. The zero-order chi connectivity index (χ0) is 21.2. The van der Waals surface area contributed by atoms with Crippen LogP contribution in [0.5, 0.6) is 0 Å². The number of ether oxygens (including phenoxy) is 3. The fourth-order valence-corrected chi connectivity index (χ4v) is 2.81. The summed E-state index contributed by atoms with van der Waals surface area (Å²) >= 11 is 0. The van der Waals surface area contributed by atoms with Crippen LogP contribution >= 0.6 is 24.8 Å². The predicted molar refractivity (Wildman–Crippen MR) is 127 cm³/mol. The Labute approximate surface area is 199 Å². The third kappa shape index (κ3) is 18.3. The van der Waals surface area contributed by atoms with Gasteiger partial charge in [0.15, 0.2) is 0 Å². The number of rotatable bonds is 15. The van der Waals surface area contributed by atoms with E-state index >= 15 is 0 Å². The van der Waals surface area contributed by atoms with E-state index in [1.165, 1.54) is 0 Å². The fourth-order valence-electron chi connectivity index (χ4n) is 2.81. The molecule has 1 heterocycles. The van der Waals surface area contributed by atoms with Crippen LogP contribution in [0.25, 0.3) is 0 Å². The van der Waals surface area contributed by atoms with Crippen molar-refractivity contribution in [1.82, 2.24) is 20.4 Å². The summed E-state index contributed by atoms with van der Waals surface area (Å²) in [4.78, 5) is 27.9. The molecule has 0 aromatic carbocycles. The van der Waals surface area contributed by atoms with Gasteiger partial charge in [0.1, 0.15) is 13.2 Å². The van der Waals surface area contributed by atoms with Crippen molar-refractivity contribution in [3.63, 3.8) is 0 Å². The Hall–Kier alpha value is -1.00. The van der Waals surface area contributed by atoms with Gasteiger partial charge in [0.25, 0.3) is 0 Å². The summed E-state index contributed by atoms with van der Waals surface area (Å²) < 4.78 is 15.9. The summed E-state index contributed by atoms with van der Waals surface area (Å²) in [5.74, 6) is 0. The number of hydrogen-bond donors (Lipinski definition) is 2. The molecule has 0 unspecified atom stereocenters.